The van der Waals surface area contributed by atoms with Crippen LogP contribution >= 0.6 is 0 Å². The van der Waals surface area contributed by atoms with Crippen LogP contribution in [0.4, 0.5) is 9.59 Å². The molecule has 0 aromatic heterocycles. The van der Waals surface area contributed by atoms with E-state index in [2.05, 4.69) is 0 Å². The van der Waals surface area contributed by atoms with E-state index >= 15 is 0 Å². The third-order valence-electron chi connectivity index (χ3n) is 13.3. The number of nitrogens with two attached hydrogens (primary N) is 4. The third kappa shape index (κ3) is 5.99. The van der Waals surface area contributed by atoms with Gasteiger partial charge in [0.05, 0.1) is 17.9 Å². The van der Waals surface area contributed by atoms with Gasteiger partial charge in [-0.1, -0.05) is 48.5 Å². The van der Waals surface area contributed by atoms with Gasteiger partial charge in [-0.2, -0.15) is 0 Å². The maximum Gasteiger partial charge on any atom is 0.412 e. The molecule has 18 nitrogen and oxygen atoms in total. The van der Waals surface area contributed by atoms with E-state index in [0.717, 1.165) is 11.1 Å². The van der Waals surface area contributed by atoms with Crippen molar-refractivity contribution in [2.24, 2.45) is 22.9 Å². The second-order valence-electron chi connectivity index (χ2n) is 16.5. The molecule has 4 bridgehead atoms. The Morgan fingerprint density at radius 2 is 1.09 bits per heavy atom. The molecule has 0 radical (unpaired) electrons. The number of benzene rings is 2. The van der Waals surface area contributed by atoms with Gasteiger partial charge < -0.3 is 47.4 Å². The Morgan fingerprint density at radius 3 is 1.41 bits per heavy atom. The number of carbonyl (C=O) groups is 6. The molecule has 10 N–H and O–H groups in total. The lowest BCUT2D eigenvalue weighted by atomic mass is 9.70. The second-order valence-corrected chi connectivity index (χ2v) is 16.5. The predicted octanol–water partition coefficient (Wildman–Crippen LogP) is 0.0597. The topological polar surface area (TPSA) is 284 Å². The average Bonchev–Trinajstić information content (AvgIpc) is 3.81. The number of hydrogen-bond acceptors (Lipinski definition) is 14. The number of nitrogens with zero attached hydrogens (tertiary/aromatic N) is 3. The van der Waals surface area contributed by atoms with E-state index in [1.165, 1.54) is 9.80 Å². The number of ether oxygens (including phenoxy) is 3. The van der Waals surface area contributed by atoms with E-state index < -0.39 is 82.2 Å². The van der Waals surface area contributed by atoms with Crippen molar-refractivity contribution in [3.8, 4) is 0 Å². The molecule has 4 aliphatic carbocycles. The lowest BCUT2D eigenvalue weighted by molar-refractivity contribution is -0.209. The highest BCUT2D eigenvalue weighted by Gasteiger charge is 2.72. The van der Waals surface area contributed by atoms with Gasteiger partial charge in [-0.05, 0) is 93.9 Å². The van der Waals surface area contributed by atoms with Gasteiger partial charge in [0.2, 0.25) is 11.1 Å². The van der Waals surface area contributed by atoms with Gasteiger partial charge in [0, 0.05) is 25.7 Å². The van der Waals surface area contributed by atoms with E-state index in [0.29, 0.717) is 19.3 Å². The number of primary amides is 4. The van der Waals surface area contributed by atoms with Gasteiger partial charge in [0.1, 0.15) is 11.2 Å². The Bertz CT molecular complexity index is 1880. The second kappa shape index (κ2) is 14.7. The molecule has 2 unspecified atom stereocenters. The monoisotopic (exact) mass is 805 g/mol. The number of hydrogen-bond donors (Lipinski definition) is 6. The number of aryl methyl sites for hydroxylation is 2. The van der Waals surface area contributed by atoms with Crippen molar-refractivity contribution in [3.63, 3.8) is 0 Å². The summed E-state index contributed by atoms with van der Waals surface area (Å²) in [4.78, 5) is 87.4. The van der Waals surface area contributed by atoms with Crippen molar-refractivity contribution < 1.29 is 53.2 Å². The molecular weight excluding hydrogens is 754 g/mol. The van der Waals surface area contributed by atoms with Crippen molar-refractivity contribution in [2.75, 3.05) is 19.7 Å². The molecule has 9 rings (SSSR count). The molecule has 3 heterocycles. The van der Waals surface area contributed by atoms with Crippen LogP contribution in [0, 0.1) is 0 Å². The first kappa shape index (κ1) is 41.2. The lowest BCUT2D eigenvalue weighted by Crippen LogP contribution is -2.79. The van der Waals surface area contributed by atoms with Crippen LogP contribution in [-0.4, -0.2) is 116 Å². The summed E-state index contributed by atoms with van der Waals surface area (Å²) in [7, 11) is 0. The Labute approximate surface area is 334 Å². The molecule has 312 valence electrons. The van der Waals surface area contributed by atoms with Crippen LogP contribution in [0.5, 0.6) is 0 Å². The minimum atomic E-state index is -2.77. The lowest BCUT2D eigenvalue weighted by Gasteiger charge is -2.57. The number of amides is 4. The summed E-state index contributed by atoms with van der Waals surface area (Å²) >= 11 is 0. The van der Waals surface area contributed by atoms with Crippen LogP contribution in [0.25, 0.3) is 0 Å². The zero-order valence-corrected chi connectivity index (χ0v) is 32.6. The van der Waals surface area contributed by atoms with Crippen LogP contribution in [0.2, 0.25) is 0 Å². The zero-order valence-electron chi connectivity index (χ0n) is 32.6. The van der Waals surface area contributed by atoms with Gasteiger partial charge in [0.15, 0.2) is 0 Å². The zero-order chi connectivity index (χ0) is 42.0. The van der Waals surface area contributed by atoms with Crippen LogP contribution in [0.1, 0.15) is 81.0 Å². The minimum absolute atomic E-state index is 0.0287. The number of aliphatic hydroxyl groups is 2. The fourth-order valence-corrected chi connectivity index (χ4v) is 10.8. The molecule has 4 amide bonds. The summed E-state index contributed by atoms with van der Waals surface area (Å²) in [6, 6.07) is 12.7. The van der Waals surface area contributed by atoms with Crippen LogP contribution in [0.3, 0.4) is 0 Å². The molecular formula is C40H51N7O11. The first-order valence-corrected chi connectivity index (χ1v) is 19.6. The van der Waals surface area contributed by atoms with Crippen LogP contribution < -0.4 is 22.9 Å². The molecule has 3 aliphatic heterocycles. The molecule has 0 spiro atoms. The Balaban J connectivity index is 1.46. The number of likely N-dealkylation sites (tertiary alicyclic amines) is 2. The fraction of sp³-hybridized carbons (Fsp3) is 0.550. The van der Waals surface area contributed by atoms with E-state index in [9.17, 15) is 39.0 Å². The Kier molecular flexibility index (Phi) is 10.4. The standard InChI is InChI=1S/C40H51N7O11/c1-36(2)27(17-22-56-36)47(28-5-3-20-45(28)39(30(41)48,32(50)57-34(43)52)37(54)18-15-23-7-11-25(37)12-8-23)29-6-4-21-46(29)40(31(42)49,33(51)58-35(44)53)38(55)19-16-24-9-13-26(38)14-10-24/h7-14,27-29,54-55H,3-6,15-22H2,1-2H3,(H2,41,48)(H2,42,49)(H2,43,52)(H2,44,53)/t27-,28?,29?,37-,38-,39+,40+/m1/s1. The molecule has 7 atom stereocenters. The molecule has 18 heteroatoms. The smallest absolute Gasteiger partial charge is 0.382 e. The number of carbonyl (C=O) groups excluding carboxylic acids is 6. The normalized spacial score (nSPS) is 29.9. The molecule has 2 aromatic carbocycles. The molecule has 3 fully saturated rings. The summed E-state index contributed by atoms with van der Waals surface area (Å²) in [5, 5.41) is 26.0. The fourth-order valence-electron chi connectivity index (χ4n) is 10.8. The molecule has 2 aromatic rings. The van der Waals surface area contributed by atoms with E-state index in [1.54, 1.807) is 48.5 Å². The Hall–Kier alpha value is -4.98. The average molecular weight is 806 g/mol. The maximum atomic E-state index is 14.6. The highest BCUT2D eigenvalue weighted by molar-refractivity contribution is 6.12. The SMILES string of the molecule is CC1(C)OCC[C@H]1N(C1CCCN1[C@@](C(N)=O)(C(=O)OC(N)=O)[C@@]1(O)CCc2ccc1cc2)C1CCCN1[C@@](C(N)=O)(C(=O)OC(N)=O)[C@@]1(O)CCc2ccc1cc2. The van der Waals surface area contributed by atoms with E-state index in [-0.39, 0.29) is 69.3 Å². The number of rotatable bonds is 11. The summed E-state index contributed by atoms with van der Waals surface area (Å²) in [5.74, 6) is -5.58. The summed E-state index contributed by atoms with van der Waals surface area (Å²) in [6.45, 7) is 3.91. The molecule has 3 saturated heterocycles. The molecule has 58 heavy (non-hydrogen) atoms. The van der Waals surface area contributed by atoms with Crippen molar-refractivity contribution in [1.82, 2.24) is 14.7 Å². The third-order valence-corrected chi connectivity index (χ3v) is 13.3. The van der Waals surface area contributed by atoms with Gasteiger partial charge in [-0.15, -0.1) is 0 Å². The van der Waals surface area contributed by atoms with E-state index in [4.69, 9.17) is 37.1 Å². The van der Waals surface area contributed by atoms with Crippen molar-refractivity contribution in [3.05, 3.63) is 70.8 Å². The summed E-state index contributed by atoms with van der Waals surface area (Å²) in [5.41, 5.74) is 14.1. The largest absolute Gasteiger partial charge is 0.412 e. The summed E-state index contributed by atoms with van der Waals surface area (Å²) < 4.78 is 16.3. The first-order chi connectivity index (χ1) is 27.4. The van der Waals surface area contributed by atoms with Gasteiger partial charge in [-0.25, -0.2) is 19.2 Å². The molecule has 7 aliphatic rings. The predicted molar refractivity (Wildman–Crippen MR) is 202 cm³/mol. The van der Waals surface area contributed by atoms with Gasteiger partial charge in [-0.3, -0.25) is 24.3 Å². The minimum Gasteiger partial charge on any atom is -0.382 e. The van der Waals surface area contributed by atoms with Gasteiger partial charge in [0.25, 0.3) is 11.8 Å². The highest BCUT2D eigenvalue weighted by Crippen LogP contribution is 2.52. The molecule has 0 saturated carbocycles. The maximum absolute atomic E-state index is 14.6. The van der Waals surface area contributed by atoms with Crippen LogP contribution in [-0.2, 0) is 57.4 Å². The number of esters is 2. The van der Waals surface area contributed by atoms with Crippen molar-refractivity contribution >= 4 is 35.9 Å². The summed E-state index contributed by atoms with van der Waals surface area (Å²) in [6.07, 6.45) is -3.54. The highest BCUT2D eigenvalue weighted by atomic mass is 16.6. The van der Waals surface area contributed by atoms with Gasteiger partial charge >= 0.3 is 24.1 Å². The van der Waals surface area contributed by atoms with Crippen molar-refractivity contribution in [2.45, 2.75) is 118 Å². The quantitative estimate of drug-likeness (QED) is 0.129. The van der Waals surface area contributed by atoms with E-state index in [1.807, 2.05) is 18.7 Å². The van der Waals surface area contributed by atoms with Crippen LogP contribution in [0.15, 0.2) is 48.5 Å². The number of fused-ring (bicyclic) bond motifs is 8. The Morgan fingerprint density at radius 1 is 0.690 bits per heavy atom. The van der Waals surface area contributed by atoms with Crippen molar-refractivity contribution in [1.29, 1.82) is 0 Å². The first-order valence-electron chi connectivity index (χ1n) is 19.6.